The van der Waals surface area contributed by atoms with E-state index in [1.807, 2.05) is 24.3 Å². The predicted octanol–water partition coefficient (Wildman–Crippen LogP) is 2.22. The summed E-state index contributed by atoms with van der Waals surface area (Å²) in [5.41, 5.74) is 0. The quantitative estimate of drug-likeness (QED) is 0.909. The Hall–Kier alpha value is -1.03. The number of nitrogens with one attached hydrogen (secondary N) is 1. The minimum absolute atomic E-state index is 0.674. The average molecular weight is 269 g/mol. The minimum atomic E-state index is 0.674. The van der Waals surface area contributed by atoms with Crippen molar-refractivity contribution < 1.29 is 4.74 Å². The molecule has 80 valence electrons. The van der Waals surface area contributed by atoms with Crippen LogP contribution in [0.4, 0.5) is 0 Å². The highest BCUT2D eigenvalue weighted by atomic mass is 79.9. The van der Waals surface area contributed by atoms with Crippen molar-refractivity contribution in [1.82, 2.24) is 5.32 Å². The van der Waals surface area contributed by atoms with Crippen molar-refractivity contribution in [3.05, 3.63) is 28.7 Å². The number of nitrogens with zero attached hydrogens (tertiary/aromatic N) is 1. The average Bonchev–Trinajstić information content (AvgIpc) is 2.74. The van der Waals surface area contributed by atoms with Gasteiger partial charge in [0.25, 0.3) is 0 Å². The van der Waals surface area contributed by atoms with Gasteiger partial charge in [0.2, 0.25) is 0 Å². The maximum Gasteiger partial charge on any atom is 0.119 e. The highest BCUT2D eigenvalue weighted by molar-refractivity contribution is 9.10. The van der Waals surface area contributed by atoms with Gasteiger partial charge >= 0.3 is 0 Å². The van der Waals surface area contributed by atoms with Gasteiger partial charge in [-0.2, -0.15) is 0 Å². The molecule has 0 radical (unpaired) electrons. The van der Waals surface area contributed by atoms with Crippen LogP contribution in [0.1, 0.15) is 6.42 Å². The summed E-state index contributed by atoms with van der Waals surface area (Å²) >= 11 is 3.38. The van der Waals surface area contributed by atoms with Gasteiger partial charge in [-0.15, -0.1) is 0 Å². The first kappa shape index (κ1) is 10.5. The summed E-state index contributed by atoms with van der Waals surface area (Å²) in [4.78, 5) is 4.30. The van der Waals surface area contributed by atoms with Crippen molar-refractivity contribution in [1.29, 1.82) is 0 Å². The number of amidine groups is 1. The third kappa shape index (κ3) is 3.23. The standard InChI is InChI=1S/C11H13BrN2O/c12-9-1-3-10(4-2-9)15-8-5-11-13-6-7-14-11/h1-4H,5-8H2,(H,13,14). The van der Waals surface area contributed by atoms with Crippen molar-refractivity contribution >= 4 is 21.8 Å². The van der Waals surface area contributed by atoms with Crippen LogP contribution in [0.15, 0.2) is 33.7 Å². The van der Waals surface area contributed by atoms with E-state index in [0.717, 1.165) is 35.6 Å². The second kappa shape index (κ2) is 5.16. The lowest BCUT2D eigenvalue weighted by molar-refractivity contribution is 0.328. The van der Waals surface area contributed by atoms with Gasteiger partial charge in [-0.05, 0) is 24.3 Å². The van der Waals surface area contributed by atoms with E-state index in [9.17, 15) is 0 Å². The summed E-state index contributed by atoms with van der Waals surface area (Å²) < 4.78 is 6.65. The van der Waals surface area contributed by atoms with Crippen LogP contribution in [-0.4, -0.2) is 25.5 Å². The number of hydrogen-bond acceptors (Lipinski definition) is 3. The molecule has 0 unspecified atom stereocenters. The second-order valence-corrected chi connectivity index (χ2v) is 4.22. The van der Waals surface area contributed by atoms with Crippen molar-refractivity contribution in [2.45, 2.75) is 6.42 Å². The van der Waals surface area contributed by atoms with Crippen molar-refractivity contribution in [2.24, 2.45) is 4.99 Å². The van der Waals surface area contributed by atoms with Crippen LogP contribution >= 0.6 is 15.9 Å². The zero-order valence-electron chi connectivity index (χ0n) is 8.37. The first-order valence-electron chi connectivity index (χ1n) is 5.00. The predicted molar refractivity (Wildman–Crippen MR) is 64.6 cm³/mol. The summed E-state index contributed by atoms with van der Waals surface area (Å²) in [6.45, 7) is 2.54. The zero-order chi connectivity index (χ0) is 10.5. The number of aliphatic imine (C=N–C) groups is 1. The van der Waals surface area contributed by atoms with Crippen LogP contribution in [0.5, 0.6) is 5.75 Å². The monoisotopic (exact) mass is 268 g/mol. The Labute approximate surface area is 97.7 Å². The summed E-state index contributed by atoms with van der Waals surface area (Å²) in [5, 5.41) is 3.21. The summed E-state index contributed by atoms with van der Waals surface area (Å²) in [5.74, 6) is 1.96. The minimum Gasteiger partial charge on any atom is -0.493 e. The molecule has 0 aromatic heterocycles. The molecule has 1 heterocycles. The number of benzene rings is 1. The Balaban J connectivity index is 1.75. The highest BCUT2D eigenvalue weighted by Crippen LogP contribution is 2.16. The van der Waals surface area contributed by atoms with Crippen molar-refractivity contribution in [2.75, 3.05) is 19.7 Å². The van der Waals surface area contributed by atoms with Crippen LogP contribution in [0.25, 0.3) is 0 Å². The van der Waals surface area contributed by atoms with E-state index < -0.39 is 0 Å². The molecule has 0 fully saturated rings. The zero-order valence-corrected chi connectivity index (χ0v) is 9.96. The molecule has 0 aliphatic carbocycles. The molecule has 1 aliphatic heterocycles. The van der Waals surface area contributed by atoms with E-state index in [1.165, 1.54) is 0 Å². The highest BCUT2D eigenvalue weighted by Gasteiger charge is 2.04. The van der Waals surface area contributed by atoms with Gasteiger partial charge in [0.1, 0.15) is 5.75 Å². The first-order chi connectivity index (χ1) is 7.34. The van der Waals surface area contributed by atoms with E-state index in [-0.39, 0.29) is 0 Å². The van der Waals surface area contributed by atoms with Crippen LogP contribution < -0.4 is 10.1 Å². The Kier molecular flexibility index (Phi) is 3.61. The van der Waals surface area contributed by atoms with E-state index >= 15 is 0 Å². The van der Waals surface area contributed by atoms with Crippen LogP contribution in [0.3, 0.4) is 0 Å². The first-order valence-corrected chi connectivity index (χ1v) is 5.79. The molecule has 1 N–H and O–H groups in total. The molecule has 0 spiro atoms. The van der Waals surface area contributed by atoms with Crippen molar-refractivity contribution in [3.8, 4) is 5.75 Å². The SMILES string of the molecule is Brc1ccc(OCCC2=NCCN2)cc1. The largest absolute Gasteiger partial charge is 0.493 e. The number of halogens is 1. The smallest absolute Gasteiger partial charge is 0.119 e. The molecule has 2 rings (SSSR count). The van der Waals surface area contributed by atoms with Crippen LogP contribution in [0.2, 0.25) is 0 Å². The van der Waals surface area contributed by atoms with E-state index in [2.05, 4.69) is 26.2 Å². The lowest BCUT2D eigenvalue weighted by atomic mass is 10.3. The van der Waals surface area contributed by atoms with Gasteiger partial charge in [-0.3, -0.25) is 4.99 Å². The van der Waals surface area contributed by atoms with Gasteiger partial charge in [0.15, 0.2) is 0 Å². The Morgan fingerprint density at radius 1 is 1.33 bits per heavy atom. The molecule has 0 amide bonds. The summed E-state index contributed by atoms with van der Waals surface area (Å²) in [6.07, 6.45) is 0.857. The lowest BCUT2D eigenvalue weighted by Crippen LogP contribution is -2.20. The maximum atomic E-state index is 5.58. The third-order valence-electron chi connectivity index (χ3n) is 2.16. The maximum absolute atomic E-state index is 5.58. The number of hydrogen-bond donors (Lipinski definition) is 1. The van der Waals surface area contributed by atoms with E-state index in [0.29, 0.717) is 6.61 Å². The topological polar surface area (TPSA) is 33.6 Å². The second-order valence-electron chi connectivity index (χ2n) is 3.31. The Morgan fingerprint density at radius 3 is 2.80 bits per heavy atom. The van der Waals surface area contributed by atoms with Gasteiger partial charge < -0.3 is 10.1 Å². The third-order valence-corrected chi connectivity index (χ3v) is 2.69. The normalized spacial score (nSPS) is 14.6. The molecular formula is C11H13BrN2O. The van der Waals surface area contributed by atoms with Crippen LogP contribution in [-0.2, 0) is 0 Å². The van der Waals surface area contributed by atoms with E-state index in [1.54, 1.807) is 0 Å². The summed E-state index contributed by atoms with van der Waals surface area (Å²) in [6, 6.07) is 7.85. The van der Waals surface area contributed by atoms with Crippen molar-refractivity contribution in [3.63, 3.8) is 0 Å². The lowest BCUT2D eigenvalue weighted by Gasteiger charge is -2.06. The fourth-order valence-corrected chi connectivity index (χ4v) is 1.68. The molecule has 1 aromatic rings. The van der Waals surface area contributed by atoms with Gasteiger partial charge in [0.05, 0.1) is 19.0 Å². The molecule has 3 nitrogen and oxygen atoms in total. The molecule has 4 heteroatoms. The molecule has 0 bridgehead atoms. The molecule has 0 saturated carbocycles. The van der Waals surface area contributed by atoms with Gasteiger partial charge in [-0.1, -0.05) is 15.9 Å². The molecule has 15 heavy (non-hydrogen) atoms. The number of ether oxygens (including phenoxy) is 1. The molecule has 0 saturated heterocycles. The van der Waals surface area contributed by atoms with E-state index in [4.69, 9.17) is 4.74 Å². The Bertz CT molecular complexity index is 348. The fraction of sp³-hybridized carbons (Fsp3) is 0.364. The number of rotatable bonds is 4. The van der Waals surface area contributed by atoms with Gasteiger partial charge in [-0.25, -0.2) is 0 Å². The summed E-state index contributed by atoms with van der Waals surface area (Å²) in [7, 11) is 0. The molecule has 1 aliphatic rings. The molecule has 1 aromatic carbocycles. The Morgan fingerprint density at radius 2 is 2.13 bits per heavy atom. The fourth-order valence-electron chi connectivity index (χ4n) is 1.41. The molecular weight excluding hydrogens is 256 g/mol. The van der Waals surface area contributed by atoms with Gasteiger partial charge in [0, 0.05) is 17.4 Å². The van der Waals surface area contributed by atoms with Crippen LogP contribution in [0, 0.1) is 0 Å². The molecule has 0 atom stereocenters.